The van der Waals surface area contributed by atoms with E-state index in [0.717, 1.165) is 18.2 Å². The molecule has 7 nitrogen and oxygen atoms in total. The second-order valence-electron chi connectivity index (χ2n) is 10.2. The molecule has 0 spiro atoms. The molecule has 0 heterocycles. The molecule has 50 heavy (non-hydrogen) atoms. The Morgan fingerprint density at radius 3 is 1.56 bits per heavy atom. The topological polar surface area (TPSA) is 91.3 Å². The number of benzene rings is 5. The van der Waals surface area contributed by atoms with E-state index in [1.165, 1.54) is 31.4 Å². The summed E-state index contributed by atoms with van der Waals surface area (Å²) in [6, 6.07) is 11.5. The molecular weight excluding hydrogens is 704 g/mol. The Hall–Kier alpha value is -5.79. The van der Waals surface area contributed by atoms with Crippen molar-refractivity contribution in [1.82, 2.24) is 0 Å². The summed E-state index contributed by atoms with van der Waals surface area (Å²) in [6.07, 6.45) is 5.38. The monoisotopic (exact) mass is 722 g/mol. The molecule has 5 aromatic carbocycles. The van der Waals surface area contributed by atoms with Crippen molar-refractivity contribution in [3.8, 4) is 63.7 Å². The summed E-state index contributed by atoms with van der Waals surface area (Å²) >= 11 is 0. The summed E-state index contributed by atoms with van der Waals surface area (Å²) in [5.41, 5.74) is -3.38. The molecule has 0 saturated carbocycles. The Kier molecular flexibility index (Phi) is 9.67. The second-order valence-corrected chi connectivity index (χ2v) is 11.6. The van der Waals surface area contributed by atoms with Crippen LogP contribution in [-0.4, -0.2) is 20.1 Å². The van der Waals surface area contributed by atoms with Gasteiger partial charge in [-0.05, 0) is 67.1 Å². The fourth-order valence-electron chi connectivity index (χ4n) is 4.58. The van der Waals surface area contributed by atoms with Crippen LogP contribution in [0, 0.1) is 65.8 Å². The van der Waals surface area contributed by atoms with Gasteiger partial charge in [-0.3, -0.25) is 4.55 Å². The molecule has 0 aromatic heterocycles. The van der Waals surface area contributed by atoms with Gasteiger partial charge in [0.2, 0.25) is 34.8 Å². The first-order valence-corrected chi connectivity index (χ1v) is 15.1. The number of hydrogen-bond donors (Lipinski definition) is 1. The molecule has 0 amide bonds. The van der Waals surface area contributed by atoms with Crippen molar-refractivity contribution in [3.05, 3.63) is 118 Å². The van der Waals surface area contributed by atoms with Crippen molar-refractivity contribution in [2.45, 2.75) is 11.8 Å². The number of halogens is 8. The minimum atomic E-state index is -5.31. The Bertz CT molecular complexity index is 2270. The zero-order valence-electron chi connectivity index (χ0n) is 25.2. The van der Waals surface area contributed by atoms with Crippen LogP contribution in [0.4, 0.5) is 35.1 Å². The molecule has 258 valence electrons. The second kappa shape index (κ2) is 13.6. The largest absolute Gasteiger partial charge is 0.497 e. The predicted octanol–water partition coefficient (Wildman–Crippen LogP) is 9.39. The molecule has 0 atom stereocenters. The average molecular weight is 723 g/mol. The van der Waals surface area contributed by atoms with E-state index < -0.39 is 89.9 Å². The van der Waals surface area contributed by atoms with Gasteiger partial charge in [-0.25, -0.2) is 17.6 Å². The van der Waals surface area contributed by atoms with Crippen LogP contribution in [-0.2, 0) is 10.1 Å². The van der Waals surface area contributed by atoms with Crippen LogP contribution < -0.4 is 18.9 Å². The first-order chi connectivity index (χ1) is 23.5. The van der Waals surface area contributed by atoms with Crippen LogP contribution in [0.5, 0.6) is 40.2 Å². The third-order valence-corrected chi connectivity index (χ3v) is 7.71. The van der Waals surface area contributed by atoms with Crippen LogP contribution in [0.3, 0.4) is 0 Å². The van der Waals surface area contributed by atoms with Gasteiger partial charge < -0.3 is 18.9 Å². The quantitative estimate of drug-likeness (QED) is 0.0702. The molecule has 16 heteroatoms. The highest BCUT2D eigenvalue weighted by Crippen LogP contribution is 2.44. The number of hydrogen-bond acceptors (Lipinski definition) is 6. The molecule has 0 fully saturated rings. The van der Waals surface area contributed by atoms with Crippen LogP contribution in [0.2, 0.25) is 0 Å². The van der Waals surface area contributed by atoms with Crippen molar-refractivity contribution in [3.63, 3.8) is 0 Å². The van der Waals surface area contributed by atoms with E-state index in [4.69, 9.17) is 25.4 Å². The maximum atomic E-state index is 15.3. The lowest BCUT2D eigenvalue weighted by atomic mass is 10.0. The van der Waals surface area contributed by atoms with Gasteiger partial charge >= 0.3 is 0 Å². The van der Waals surface area contributed by atoms with Gasteiger partial charge in [0.15, 0.2) is 23.3 Å². The van der Waals surface area contributed by atoms with E-state index in [1.54, 1.807) is 13.0 Å². The minimum Gasteiger partial charge on any atom is -0.497 e. The Labute approximate surface area is 278 Å². The lowest BCUT2D eigenvalue weighted by molar-refractivity contribution is 0.356. The summed E-state index contributed by atoms with van der Waals surface area (Å²) in [5.74, 6) is -22.6. The van der Waals surface area contributed by atoms with Gasteiger partial charge in [0, 0.05) is 11.6 Å². The summed E-state index contributed by atoms with van der Waals surface area (Å²) < 4.78 is 175. The maximum Gasteiger partial charge on any atom is 0.298 e. The maximum absolute atomic E-state index is 15.3. The standard InChI is InChI=1S/C34H18F8O7S/c1-4-16-11-15(2)12-20(13-16)47-19-9-10-21(22(14-19)50(43,44)45)49-34-31(41)27(37)24(28(38)32(34)42)23-25(35)29(39)33(30(40)26(23)36)48-18-7-5-17(46-3)6-8-18/h1,5-14H,2-3H3,(H,43,44,45). The van der Waals surface area contributed by atoms with Crippen molar-refractivity contribution >= 4 is 10.1 Å². The van der Waals surface area contributed by atoms with Gasteiger partial charge in [-0.2, -0.15) is 26.0 Å². The number of rotatable bonds is 9. The molecule has 0 aliphatic carbocycles. The van der Waals surface area contributed by atoms with Crippen molar-refractivity contribution in [2.75, 3.05) is 7.11 Å². The van der Waals surface area contributed by atoms with Gasteiger partial charge in [0.25, 0.3) is 10.1 Å². The molecule has 0 radical (unpaired) electrons. The smallest absolute Gasteiger partial charge is 0.298 e. The van der Waals surface area contributed by atoms with Crippen molar-refractivity contribution in [2.24, 2.45) is 0 Å². The Morgan fingerprint density at radius 2 is 1.08 bits per heavy atom. The first kappa shape index (κ1) is 35.5. The SMILES string of the molecule is C#Cc1cc(C)cc(Oc2ccc(Oc3c(F)c(F)c(-c4c(F)c(F)c(Oc5ccc(OC)cc5)c(F)c4F)c(F)c3F)c(S(=O)(=O)O)c2)c1. The van der Waals surface area contributed by atoms with Crippen LogP contribution >= 0.6 is 0 Å². The van der Waals surface area contributed by atoms with E-state index in [0.29, 0.717) is 23.3 Å². The molecule has 0 aliphatic rings. The van der Waals surface area contributed by atoms with Crippen LogP contribution in [0.15, 0.2) is 65.6 Å². The highest BCUT2D eigenvalue weighted by atomic mass is 32.2. The normalized spacial score (nSPS) is 11.2. The first-order valence-electron chi connectivity index (χ1n) is 13.6. The summed E-state index contributed by atoms with van der Waals surface area (Å²) in [6.45, 7) is 1.67. The van der Waals surface area contributed by atoms with E-state index in [1.807, 2.05) is 0 Å². The zero-order valence-corrected chi connectivity index (χ0v) is 26.0. The number of terminal acetylenes is 1. The van der Waals surface area contributed by atoms with E-state index in [-0.39, 0.29) is 23.0 Å². The predicted molar refractivity (Wildman–Crippen MR) is 160 cm³/mol. The molecule has 1 N–H and O–H groups in total. The van der Waals surface area contributed by atoms with Crippen LogP contribution in [0.25, 0.3) is 11.1 Å². The molecule has 5 aromatic rings. The van der Waals surface area contributed by atoms with Crippen molar-refractivity contribution < 1.29 is 67.0 Å². The van der Waals surface area contributed by atoms with Gasteiger partial charge in [0.05, 0.1) is 18.2 Å². The highest BCUT2D eigenvalue weighted by molar-refractivity contribution is 7.86. The third kappa shape index (κ3) is 6.73. The van der Waals surface area contributed by atoms with Gasteiger partial charge in [-0.1, -0.05) is 5.92 Å². The molecule has 0 saturated heterocycles. The lowest BCUT2D eigenvalue weighted by Crippen LogP contribution is -2.10. The molecule has 5 rings (SSSR count). The fraction of sp³-hybridized carbons (Fsp3) is 0.0588. The van der Waals surface area contributed by atoms with Crippen LogP contribution in [0.1, 0.15) is 11.1 Å². The van der Waals surface area contributed by atoms with Crippen molar-refractivity contribution in [1.29, 1.82) is 0 Å². The zero-order chi connectivity index (χ0) is 36.7. The average Bonchev–Trinajstić information content (AvgIpc) is 3.08. The van der Waals surface area contributed by atoms with Gasteiger partial charge in [-0.15, -0.1) is 6.42 Å². The highest BCUT2D eigenvalue weighted by Gasteiger charge is 2.36. The van der Waals surface area contributed by atoms with E-state index in [2.05, 4.69) is 5.92 Å². The Morgan fingerprint density at radius 1 is 0.600 bits per heavy atom. The summed E-state index contributed by atoms with van der Waals surface area (Å²) in [5, 5.41) is 0. The lowest BCUT2D eigenvalue weighted by Gasteiger charge is -2.17. The molecular formula is C34H18F8O7S. The summed E-state index contributed by atoms with van der Waals surface area (Å²) in [4.78, 5) is -1.21. The molecule has 0 aliphatic heterocycles. The van der Waals surface area contributed by atoms with E-state index >= 15 is 26.3 Å². The molecule has 0 bridgehead atoms. The fourth-order valence-corrected chi connectivity index (χ4v) is 5.21. The Balaban J connectivity index is 1.56. The molecule has 0 unspecified atom stereocenters. The third-order valence-electron chi connectivity index (χ3n) is 6.83. The minimum absolute atomic E-state index is 0.109. The summed E-state index contributed by atoms with van der Waals surface area (Å²) in [7, 11) is -4.01. The number of aryl methyl sites for hydroxylation is 1. The van der Waals surface area contributed by atoms with Gasteiger partial charge in [0.1, 0.15) is 33.6 Å². The van der Waals surface area contributed by atoms with E-state index in [9.17, 15) is 21.8 Å². The number of methoxy groups -OCH3 is 1. The number of ether oxygens (including phenoxy) is 4.